The number of carbonyl (C=O) groups excluding carboxylic acids is 1. The molecule has 0 radical (unpaired) electrons. The summed E-state index contributed by atoms with van der Waals surface area (Å²) in [6, 6.07) is 13.0. The normalized spacial score (nSPS) is 10.4. The molecule has 0 fully saturated rings. The predicted octanol–water partition coefficient (Wildman–Crippen LogP) is 2.51. The van der Waals surface area contributed by atoms with E-state index in [1.807, 2.05) is 30.3 Å². The summed E-state index contributed by atoms with van der Waals surface area (Å²) in [4.78, 5) is 16.0. The summed E-state index contributed by atoms with van der Waals surface area (Å²) in [5.74, 6) is 0.134. The van der Waals surface area contributed by atoms with Crippen LogP contribution >= 0.6 is 0 Å². The van der Waals surface area contributed by atoms with E-state index in [2.05, 4.69) is 15.3 Å². The van der Waals surface area contributed by atoms with Crippen LogP contribution in [0.1, 0.15) is 17.3 Å². The van der Waals surface area contributed by atoms with Crippen molar-refractivity contribution >= 4 is 5.97 Å². The number of nitrogens with zero attached hydrogens (tertiary/aromatic N) is 4. The highest BCUT2D eigenvalue weighted by molar-refractivity contribution is 5.89. The number of pyridine rings is 1. The molecule has 0 N–H and O–H groups in total. The number of aromatic nitrogens is 4. The monoisotopic (exact) mass is 294 g/mol. The Morgan fingerprint density at radius 2 is 2.05 bits per heavy atom. The van der Waals surface area contributed by atoms with Crippen LogP contribution in [0.15, 0.2) is 54.9 Å². The average Bonchev–Trinajstić information content (AvgIpc) is 3.06. The van der Waals surface area contributed by atoms with E-state index < -0.39 is 0 Å². The second kappa shape index (κ2) is 6.17. The molecule has 0 aliphatic heterocycles. The maximum Gasteiger partial charge on any atom is 0.338 e. The van der Waals surface area contributed by atoms with Crippen LogP contribution in [-0.4, -0.2) is 32.6 Å². The van der Waals surface area contributed by atoms with Gasteiger partial charge < -0.3 is 4.74 Å². The van der Waals surface area contributed by atoms with Crippen LogP contribution in [0.25, 0.3) is 17.1 Å². The van der Waals surface area contributed by atoms with Gasteiger partial charge in [-0.15, -0.1) is 5.10 Å². The molecule has 2 aromatic heterocycles. The van der Waals surface area contributed by atoms with Gasteiger partial charge in [0.25, 0.3) is 0 Å². The molecular weight excluding hydrogens is 280 g/mol. The highest BCUT2D eigenvalue weighted by Crippen LogP contribution is 2.16. The maximum absolute atomic E-state index is 11.8. The van der Waals surface area contributed by atoms with Crippen molar-refractivity contribution in [2.24, 2.45) is 0 Å². The molecule has 0 bridgehead atoms. The molecule has 0 saturated heterocycles. The molecule has 0 atom stereocenters. The third kappa shape index (κ3) is 2.85. The van der Waals surface area contributed by atoms with E-state index in [4.69, 9.17) is 4.74 Å². The first-order chi connectivity index (χ1) is 10.8. The minimum atomic E-state index is -0.380. The van der Waals surface area contributed by atoms with Gasteiger partial charge in [-0.25, -0.2) is 14.5 Å². The maximum atomic E-state index is 11.8. The summed E-state index contributed by atoms with van der Waals surface area (Å²) in [7, 11) is 0. The number of esters is 1. The van der Waals surface area contributed by atoms with Crippen LogP contribution in [0, 0.1) is 0 Å². The van der Waals surface area contributed by atoms with Gasteiger partial charge in [-0.05, 0) is 19.1 Å². The van der Waals surface area contributed by atoms with E-state index in [0.717, 1.165) is 11.3 Å². The number of benzene rings is 1. The highest BCUT2D eigenvalue weighted by atomic mass is 16.5. The highest BCUT2D eigenvalue weighted by Gasteiger charge is 2.10. The lowest BCUT2D eigenvalue weighted by atomic mass is 10.2. The molecule has 0 aliphatic rings. The van der Waals surface area contributed by atoms with E-state index in [0.29, 0.717) is 18.0 Å². The Morgan fingerprint density at radius 3 is 2.82 bits per heavy atom. The standard InChI is InChI=1S/C16H14N4O2/c1-2-22-16(21)13-8-9-17-15(10-13)20-11-14(18-19-20)12-6-4-3-5-7-12/h3-11H,2H2,1H3. The lowest BCUT2D eigenvalue weighted by Crippen LogP contribution is -2.07. The summed E-state index contributed by atoms with van der Waals surface area (Å²) in [5, 5.41) is 8.19. The third-order valence-electron chi connectivity index (χ3n) is 3.05. The van der Waals surface area contributed by atoms with Crippen molar-refractivity contribution in [3.8, 4) is 17.1 Å². The largest absolute Gasteiger partial charge is 0.462 e. The van der Waals surface area contributed by atoms with Gasteiger partial charge in [-0.3, -0.25) is 0 Å². The summed E-state index contributed by atoms with van der Waals surface area (Å²) in [6.45, 7) is 2.10. The Balaban J connectivity index is 1.91. The smallest absolute Gasteiger partial charge is 0.338 e. The molecule has 3 aromatic rings. The third-order valence-corrected chi connectivity index (χ3v) is 3.05. The minimum Gasteiger partial charge on any atom is -0.462 e. The lowest BCUT2D eigenvalue weighted by molar-refractivity contribution is 0.0526. The first kappa shape index (κ1) is 13.9. The summed E-state index contributed by atoms with van der Waals surface area (Å²) in [5.41, 5.74) is 2.14. The van der Waals surface area contributed by atoms with Crippen LogP contribution in [0.3, 0.4) is 0 Å². The molecule has 1 aromatic carbocycles. The Hall–Kier alpha value is -3.02. The van der Waals surface area contributed by atoms with Crippen LogP contribution in [0.2, 0.25) is 0 Å². The molecule has 0 amide bonds. The molecule has 2 heterocycles. The summed E-state index contributed by atoms with van der Waals surface area (Å²) < 4.78 is 6.51. The molecule has 0 aliphatic carbocycles. The fourth-order valence-electron chi connectivity index (χ4n) is 2.00. The number of rotatable bonds is 4. The zero-order valence-electron chi connectivity index (χ0n) is 12.0. The van der Waals surface area contributed by atoms with Crippen molar-refractivity contribution < 1.29 is 9.53 Å². The van der Waals surface area contributed by atoms with E-state index >= 15 is 0 Å². The van der Waals surface area contributed by atoms with Crippen molar-refractivity contribution in [1.82, 2.24) is 20.0 Å². The fourth-order valence-corrected chi connectivity index (χ4v) is 2.00. The second-order valence-corrected chi connectivity index (χ2v) is 4.54. The average molecular weight is 294 g/mol. The first-order valence-electron chi connectivity index (χ1n) is 6.89. The van der Waals surface area contributed by atoms with Crippen molar-refractivity contribution in [1.29, 1.82) is 0 Å². The van der Waals surface area contributed by atoms with Crippen molar-refractivity contribution in [3.63, 3.8) is 0 Å². The van der Waals surface area contributed by atoms with Gasteiger partial charge in [-0.2, -0.15) is 0 Å². The van der Waals surface area contributed by atoms with Crippen LogP contribution in [-0.2, 0) is 4.74 Å². The Labute approximate surface area is 127 Å². The van der Waals surface area contributed by atoms with Gasteiger partial charge in [0.05, 0.1) is 18.4 Å². The van der Waals surface area contributed by atoms with Gasteiger partial charge in [0.2, 0.25) is 0 Å². The van der Waals surface area contributed by atoms with Crippen LogP contribution in [0.4, 0.5) is 0 Å². The molecule has 22 heavy (non-hydrogen) atoms. The second-order valence-electron chi connectivity index (χ2n) is 4.54. The lowest BCUT2D eigenvalue weighted by Gasteiger charge is -2.03. The summed E-state index contributed by atoms with van der Waals surface area (Å²) >= 11 is 0. The van der Waals surface area contributed by atoms with E-state index in [-0.39, 0.29) is 5.97 Å². The van der Waals surface area contributed by atoms with E-state index in [1.165, 1.54) is 4.68 Å². The molecule has 0 saturated carbocycles. The van der Waals surface area contributed by atoms with E-state index in [1.54, 1.807) is 31.5 Å². The molecule has 6 nitrogen and oxygen atoms in total. The fraction of sp³-hybridized carbons (Fsp3) is 0.125. The van der Waals surface area contributed by atoms with Crippen molar-refractivity contribution in [2.45, 2.75) is 6.92 Å². The van der Waals surface area contributed by atoms with Crippen LogP contribution < -0.4 is 0 Å². The Morgan fingerprint density at radius 1 is 1.23 bits per heavy atom. The zero-order chi connectivity index (χ0) is 15.4. The number of hydrogen-bond acceptors (Lipinski definition) is 5. The Bertz CT molecular complexity index is 784. The molecule has 0 spiro atoms. The number of hydrogen-bond donors (Lipinski definition) is 0. The SMILES string of the molecule is CCOC(=O)c1ccnc(-n2cc(-c3ccccc3)nn2)c1. The van der Waals surface area contributed by atoms with Crippen LogP contribution in [0.5, 0.6) is 0 Å². The van der Waals surface area contributed by atoms with Crippen molar-refractivity contribution in [2.75, 3.05) is 6.61 Å². The molecule has 3 rings (SSSR count). The van der Waals surface area contributed by atoms with Gasteiger partial charge in [-0.1, -0.05) is 35.5 Å². The molecule has 110 valence electrons. The van der Waals surface area contributed by atoms with Gasteiger partial charge in [0, 0.05) is 11.8 Å². The predicted molar refractivity (Wildman–Crippen MR) is 80.5 cm³/mol. The summed E-state index contributed by atoms with van der Waals surface area (Å²) in [6.07, 6.45) is 3.32. The zero-order valence-corrected chi connectivity index (χ0v) is 12.0. The van der Waals surface area contributed by atoms with E-state index in [9.17, 15) is 4.79 Å². The first-order valence-corrected chi connectivity index (χ1v) is 6.89. The molecule has 0 unspecified atom stereocenters. The topological polar surface area (TPSA) is 69.9 Å². The van der Waals surface area contributed by atoms with Gasteiger partial charge >= 0.3 is 5.97 Å². The van der Waals surface area contributed by atoms with Crippen molar-refractivity contribution in [3.05, 3.63) is 60.4 Å². The Kier molecular flexibility index (Phi) is 3.91. The van der Waals surface area contributed by atoms with Gasteiger partial charge in [0.1, 0.15) is 5.69 Å². The van der Waals surface area contributed by atoms with Gasteiger partial charge in [0.15, 0.2) is 5.82 Å². The molecular formula is C16H14N4O2. The number of ether oxygens (including phenoxy) is 1. The number of carbonyl (C=O) groups is 1. The molecule has 6 heteroatoms. The minimum absolute atomic E-state index is 0.331. The quantitative estimate of drug-likeness (QED) is 0.691.